The lowest BCUT2D eigenvalue weighted by atomic mass is 9.97. The van der Waals surface area contributed by atoms with E-state index in [1.807, 2.05) is 5.32 Å². The molecule has 8 atom stereocenters. The number of nitrogens with two attached hydrogens (primary N) is 1. The summed E-state index contributed by atoms with van der Waals surface area (Å²) in [7, 11) is 0. The van der Waals surface area contributed by atoms with E-state index in [0.29, 0.717) is 6.42 Å². The standard InChI is InChI=1S/C30H51N7O14S/c1-6-14(4)23(37-24(44)15(31)11-38)29(49)34-17(9-20(40)41)26(46)32-16(7-8-52-5)25(45)36-22(13(2)3)28(48)33-18(10-21(42)43)27(47)35-19(12-39)30(50)51/h13-19,22-23,38-39H,6-12,31H2,1-5H3,(H,32,46)(H,33,48)(H,34,49)(H,35,47)(H,36,45)(H,37,44)(H,40,41)(H,42,43)(H,50,51)/t14-,15-,16-,17-,18-,19-,22-,23-/m0/s1. The van der Waals surface area contributed by atoms with Crippen molar-refractivity contribution < 1.29 is 68.7 Å². The third kappa shape index (κ3) is 16.7. The van der Waals surface area contributed by atoms with Gasteiger partial charge in [-0.3, -0.25) is 38.4 Å². The van der Waals surface area contributed by atoms with Gasteiger partial charge in [-0.1, -0.05) is 34.1 Å². The number of aliphatic hydroxyl groups is 2. The van der Waals surface area contributed by atoms with Crippen LogP contribution in [-0.2, 0) is 43.2 Å². The summed E-state index contributed by atoms with van der Waals surface area (Å²) in [5, 5.41) is 59.8. The molecule has 0 fully saturated rings. The van der Waals surface area contributed by atoms with E-state index in [2.05, 4.69) is 26.6 Å². The Morgan fingerprint density at radius 3 is 1.40 bits per heavy atom. The van der Waals surface area contributed by atoms with Gasteiger partial charge in [0, 0.05) is 0 Å². The van der Waals surface area contributed by atoms with Gasteiger partial charge in [-0.05, 0) is 30.3 Å². The van der Waals surface area contributed by atoms with Crippen molar-refractivity contribution in [2.45, 2.75) is 95.7 Å². The van der Waals surface area contributed by atoms with Gasteiger partial charge in [-0.2, -0.15) is 11.8 Å². The summed E-state index contributed by atoms with van der Waals surface area (Å²) in [5.41, 5.74) is 5.54. The van der Waals surface area contributed by atoms with Crippen LogP contribution < -0.4 is 37.6 Å². The molecular weight excluding hydrogens is 714 g/mol. The maximum Gasteiger partial charge on any atom is 0.328 e. The van der Waals surface area contributed by atoms with E-state index in [1.54, 1.807) is 20.1 Å². The third-order valence-corrected chi connectivity index (χ3v) is 8.28. The van der Waals surface area contributed by atoms with Crippen LogP contribution in [0, 0.1) is 11.8 Å². The van der Waals surface area contributed by atoms with Crippen LogP contribution in [0.3, 0.4) is 0 Å². The summed E-state index contributed by atoms with van der Waals surface area (Å²) < 4.78 is 0. The fourth-order valence-corrected chi connectivity index (χ4v) is 4.83. The topological polar surface area (TPSA) is 353 Å². The smallest absolute Gasteiger partial charge is 0.328 e. The highest BCUT2D eigenvalue weighted by atomic mass is 32.2. The van der Waals surface area contributed by atoms with Gasteiger partial charge in [-0.15, -0.1) is 0 Å². The molecular formula is C30H51N7O14S. The summed E-state index contributed by atoms with van der Waals surface area (Å²) in [4.78, 5) is 113. The molecule has 0 saturated carbocycles. The first-order valence-electron chi connectivity index (χ1n) is 16.2. The number of thioether (sulfide) groups is 1. The highest BCUT2D eigenvalue weighted by molar-refractivity contribution is 7.98. The van der Waals surface area contributed by atoms with Gasteiger partial charge < -0.3 is 63.2 Å². The summed E-state index contributed by atoms with van der Waals surface area (Å²) in [5.74, 6) is -11.8. The molecule has 0 spiro atoms. The van der Waals surface area contributed by atoms with E-state index >= 15 is 0 Å². The van der Waals surface area contributed by atoms with Crippen LogP contribution in [0.4, 0.5) is 0 Å². The SMILES string of the molecule is CC[C@H](C)[C@H](NC(=O)[C@@H](N)CO)C(=O)N[C@@H](CC(=O)O)C(=O)N[C@@H](CCSC)C(=O)N[C@H](C(=O)N[C@@H](CC(=O)O)C(=O)N[C@@H](CO)C(=O)O)C(C)C. The van der Waals surface area contributed by atoms with E-state index in [1.165, 1.54) is 25.6 Å². The molecule has 0 saturated heterocycles. The highest BCUT2D eigenvalue weighted by Gasteiger charge is 2.36. The minimum absolute atomic E-state index is 0.0503. The zero-order valence-corrected chi connectivity index (χ0v) is 30.4. The van der Waals surface area contributed by atoms with Crippen LogP contribution in [0.15, 0.2) is 0 Å². The summed E-state index contributed by atoms with van der Waals surface area (Å²) in [6.07, 6.45) is 0.0738. The van der Waals surface area contributed by atoms with Crippen molar-refractivity contribution in [2.75, 3.05) is 25.2 Å². The first-order chi connectivity index (χ1) is 24.2. The van der Waals surface area contributed by atoms with Crippen LogP contribution in [-0.4, -0.2) is 146 Å². The molecule has 0 aromatic heterocycles. The molecule has 0 aromatic rings. The molecule has 52 heavy (non-hydrogen) atoms. The Balaban J connectivity index is 6.22. The van der Waals surface area contributed by atoms with Gasteiger partial charge >= 0.3 is 17.9 Å². The average molecular weight is 766 g/mol. The minimum Gasteiger partial charge on any atom is -0.481 e. The van der Waals surface area contributed by atoms with Crippen molar-refractivity contribution >= 4 is 65.1 Å². The van der Waals surface area contributed by atoms with Crippen molar-refractivity contribution in [3.05, 3.63) is 0 Å². The van der Waals surface area contributed by atoms with Crippen molar-refractivity contribution in [3.63, 3.8) is 0 Å². The van der Waals surface area contributed by atoms with E-state index in [-0.39, 0.29) is 12.2 Å². The predicted octanol–water partition coefficient (Wildman–Crippen LogP) is -4.30. The fourth-order valence-electron chi connectivity index (χ4n) is 4.36. The number of amides is 6. The zero-order valence-electron chi connectivity index (χ0n) is 29.5. The number of aliphatic hydroxyl groups excluding tert-OH is 2. The molecule has 0 rings (SSSR count). The van der Waals surface area contributed by atoms with Gasteiger partial charge in [0.05, 0.1) is 26.1 Å². The zero-order chi connectivity index (χ0) is 40.3. The number of carbonyl (C=O) groups excluding carboxylic acids is 6. The summed E-state index contributed by atoms with van der Waals surface area (Å²) in [6, 6.07) is -10.9. The molecule has 0 aliphatic heterocycles. The van der Waals surface area contributed by atoms with Crippen molar-refractivity contribution in [1.29, 1.82) is 0 Å². The van der Waals surface area contributed by atoms with Gasteiger partial charge in [0.1, 0.15) is 42.3 Å². The lowest BCUT2D eigenvalue weighted by Gasteiger charge is -2.29. The second-order valence-corrected chi connectivity index (χ2v) is 13.1. The number of carboxylic acid groups (broad SMARTS) is 3. The molecule has 0 heterocycles. The lowest BCUT2D eigenvalue weighted by molar-refractivity contribution is -0.144. The quantitative estimate of drug-likeness (QED) is 0.0418. The number of hydrogen-bond acceptors (Lipinski definition) is 13. The number of carbonyl (C=O) groups is 9. The van der Waals surface area contributed by atoms with E-state index in [4.69, 9.17) is 10.8 Å². The van der Waals surface area contributed by atoms with Crippen LogP contribution >= 0.6 is 11.8 Å². The first kappa shape index (κ1) is 47.5. The number of nitrogens with one attached hydrogen (secondary N) is 6. The molecule has 0 radical (unpaired) electrons. The molecule has 6 amide bonds. The van der Waals surface area contributed by atoms with Crippen molar-refractivity contribution in [3.8, 4) is 0 Å². The average Bonchev–Trinajstić information content (AvgIpc) is 3.07. The largest absolute Gasteiger partial charge is 0.481 e. The second-order valence-electron chi connectivity index (χ2n) is 12.1. The van der Waals surface area contributed by atoms with Crippen LogP contribution in [0.5, 0.6) is 0 Å². The maximum atomic E-state index is 13.5. The third-order valence-electron chi connectivity index (χ3n) is 7.64. The van der Waals surface area contributed by atoms with Gasteiger partial charge in [0.2, 0.25) is 35.4 Å². The molecule has 296 valence electrons. The Hall–Kier alpha value is -4.54. The van der Waals surface area contributed by atoms with Crippen LogP contribution in [0.25, 0.3) is 0 Å². The molecule has 0 aliphatic carbocycles. The van der Waals surface area contributed by atoms with Crippen molar-refractivity contribution in [1.82, 2.24) is 31.9 Å². The molecule has 0 aliphatic rings. The van der Waals surface area contributed by atoms with Gasteiger partial charge in [-0.25, -0.2) is 4.79 Å². The first-order valence-corrected chi connectivity index (χ1v) is 17.6. The predicted molar refractivity (Wildman–Crippen MR) is 183 cm³/mol. The Labute approximate surface area is 304 Å². The Morgan fingerprint density at radius 2 is 1.02 bits per heavy atom. The fraction of sp³-hybridized carbons (Fsp3) is 0.700. The normalized spacial score (nSPS) is 15.6. The molecule has 13 N–H and O–H groups in total. The Bertz CT molecular complexity index is 1290. The minimum atomic E-state index is -1.83. The van der Waals surface area contributed by atoms with E-state index < -0.39 is 134 Å². The molecule has 21 nitrogen and oxygen atoms in total. The van der Waals surface area contributed by atoms with Gasteiger partial charge in [0.15, 0.2) is 0 Å². The number of carboxylic acids is 3. The Morgan fingerprint density at radius 1 is 0.596 bits per heavy atom. The number of aliphatic carboxylic acids is 3. The van der Waals surface area contributed by atoms with Crippen LogP contribution in [0.2, 0.25) is 0 Å². The van der Waals surface area contributed by atoms with E-state index in [9.17, 15) is 63.6 Å². The Kier molecular flexibility index (Phi) is 21.8. The molecule has 0 bridgehead atoms. The molecule has 0 unspecified atom stereocenters. The lowest BCUT2D eigenvalue weighted by Crippen LogP contribution is -2.61. The molecule has 22 heteroatoms. The maximum absolute atomic E-state index is 13.5. The molecule has 0 aromatic carbocycles. The summed E-state index contributed by atoms with van der Waals surface area (Å²) >= 11 is 1.28. The highest BCUT2D eigenvalue weighted by Crippen LogP contribution is 2.11. The van der Waals surface area contributed by atoms with E-state index in [0.717, 1.165) is 0 Å². The number of hydrogen-bond donors (Lipinski definition) is 12. The van der Waals surface area contributed by atoms with Crippen LogP contribution in [0.1, 0.15) is 53.4 Å². The second kappa shape index (κ2) is 23.8. The summed E-state index contributed by atoms with van der Waals surface area (Å²) in [6.45, 7) is 4.54. The van der Waals surface area contributed by atoms with Crippen molar-refractivity contribution in [2.24, 2.45) is 17.6 Å². The number of rotatable bonds is 25. The van der Waals surface area contributed by atoms with Gasteiger partial charge in [0.25, 0.3) is 0 Å². The monoisotopic (exact) mass is 765 g/mol.